The van der Waals surface area contributed by atoms with Crippen LogP contribution >= 0.6 is 22.9 Å². The van der Waals surface area contributed by atoms with Crippen LogP contribution in [0.25, 0.3) is 0 Å². The Morgan fingerprint density at radius 2 is 2.06 bits per heavy atom. The molecule has 162 valence electrons. The van der Waals surface area contributed by atoms with Crippen LogP contribution in [0.2, 0.25) is 5.02 Å². The van der Waals surface area contributed by atoms with Gasteiger partial charge in [0.25, 0.3) is 5.91 Å². The molecule has 0 saturated carbocycles. The van der Waals surface area contributed by atoms with Gasteiger partial charge >= 0.3 is 0 Å². The molecule has 1 N–H and O–H groups in total. The van der Waals surface area contributed by atoms with E-state index in [1.165, 1.54) is 11.3 Å². The number of thiazole rings is 1. The first-order chi connectivity index (χ1) is 15.1. The molecule has 7 nitrogen and oxygen atoms in total. The molecule has 0 atom stereocenters. The van der Waals surface area contributed by atoms with Crippen LogP contribution in [0.1, 0.15) is 16.1 Å². The van der Waals surface area contributed by atoms with E-state index < -0.39 is 0 Å². The predicted molar refractivity (Wildman–Crippen MR) is 122 cm³/mol. The minimum absolute atomic E-state index is 0.263. The van der Waals surface area contributed by atoms with Gasteiger partial charge in [-0.2, -0.15) is 0 Å². The molecule has 0 radical (unpaired) electrons. The molecular formula is C22H22ClN3O4S. The molecule has 4 rings (SSSR count). The fraction of sp³-hybridized carbons (Fsp3) is 0.273. The summed E-state index contributed by atoms with van der Waals surface area (Å²) >= 11 is 7.70. The van der Waals surface area contributed by atoms with E-state index in [0.29, 0.717) is 47.6 Å². The highest BCUT2D eigenvalue weighted by atomic mass is 35.5. The Bertz CT molecular complexity index is 1040. The summed E-state index contributed by atoms with van der Waals surface area (Å²) in [5.74, 6) is 0.757. The van der Waals surface area contributed by atoms with Crippen LogP contribution in [0.15, 0.2) is 47.3 Å². The van der Waals surface area contributed by atoms with Gasteiger partial charge in [0.05, 0.1) is 42.9 Å². The van der Waals surface area contributed by atoms with Crippen LogP contribution in [-0.4, -0.2) is 44.3 Å². The number of ether oxygens (including phenoxy) is 3. The lowest BCUT2D eigenvalue weighted by molar-refractivity contribution is 0.102. The van der Waals surface area contributed by atoms with Crippen LogP contribution in [0.4, 0.5) is 11.4 Å². The Morgan fingerprint density at radius 1 is 1.23 bits per heavy atom. The van der Waals surface area contributed by atoms with Crippen LogP contribution in [0, 0.1) is 0 Å². The summed E-state index contributed by atoms with van der Waals surface area (Å²) in [6.07, 6.45) is 0. The van der Waals surface area contributed by atoms with Gasteiger partial charge in [-0.25, -0.2) is 4.98 Å². The second-order valence-corrected chi connectivity index (χ2v) is 8.00. The number of carbonyl (C=O) groups is 1. The van der Waals surface area contributed by atoms with E-state index in [1.807, 2.05) is 17.5 Å². The molecule has 31 heavy (non-hydrogen) atoms. The Labute approximate surface area is 189 Å². The summed E-state index contributed by atoms with van der Waals surface area (Å²) in [5.41, 5.74) is 4.61. The van der Waals surface area contributed by atoms with Crippen molar-refractivity contribution in [3.05, 3.63) is 63.6 Å². The molecule has 3 aromatic rings. The molecule has 1 amide bonds. The van der Waals surface area contributed by atoms with Gasteiger partial charge in [-0.05, 0) is 36.4 Å². The van der Waals surface area contributed by atoms with Crippen molar-refractivity contribution in [3.8, 4) is 11.5 Å². The van der Waals surface area contributed by atoms with Crippen molar-refractivity contribution in [3.63, 3.8) is 0 Å². The fourth-order valence-corrected chi connectivity index (χ4v) is 3.99. The number of aromatic nitrogens is 1. The third kappa shape index (κ3) is 5.28. The van der Waals surface area contributed by atoms with Gasteiger partial charge in [0.15, 0.2) is 11.5 Å². The Morgan fingerprint density at radius 3 is 2.81 bits per heavy atom. The first kappa shape index (κ1) is 21.4. The van der Waals surface area contributed by atoms with Crippen molar-refractivity contribution in [2.24, 2.45) is 0 Å². The largest absolute Gasteiger partial charge is 0.493 e. The maximum absolute atomic E-state index is 13.0. The quantitative estimate of drug-likeness (QED) is 0.562. The van der Waals surface area contributed by atoms with Gasteiger partial charge in [-0.15, -0.1) is 11.3 Å². The molecule has 0 spiro atoms. The normalized spacial score (nSPS) is 13.7. The lowest BCUT2D eigenvalue weighted by atomic mass is 10.1. The summed E-state index contributed by atoms with van der Waals surface area (Å²) in [7, 11) is 1.54. The van der Waals surface area contributed by atoms with E-state index in [2.05, 4.69) is 15.2 Å². The molecule has 1 aliphatic heterocycles. The van der Waals surface area contributed by atoms with E-state index in [4.69, 9.17) is 25.8 Å². The number of nitrogens with one attached hydrogen (secondary N) is 1. The highest BCUT2D eigenvalue weighted by molar-refractivity contribution is 7.07. The summed E-state index contributed by atoms with van der Waals surface area (Å²) in [4.78, 5) is 19.4. The van der Waals surface area contributed by atoms with Crippen LogP contribution in [0.3, 0.4) is 0 Å². The van der Waals surface area contributed by atoms with Gasteiger partial charge < -0.3 is 24.4 Å². The van der Waals surface area contributed by atoms with E-state index in [0.717, 1.165) is 24.5 Å². The van der Waals surface area contributed by atoms with E-state index >= 15 is 0 Å². The number of morpholine rings is 1. The third-order valence-electron chi connectivity index (χ3n) is 4.84. The number of carbonyl (C=O) groups excluding carboxylic acids is 1. The minimum atomic E-state index is -0.263. The highest BCUT2D eigenvalue weighted by Gasteiger charge is 2.18. The standard InChI is InChI=1S/C22H22ClN3O4S/c1-28-21-10-15(2-5-20(21)30-12-17-13-31-14-24-17)22(27)25-18-11-16(23)3-4-19(18)26-6-8-29-9-7-26/h2-5,10-11,13-14H,6-9,12H2,1H3,(H,25,27). The monoisotopic (exact) mass is 459 g/mol. The Hall–Kier alpha value is -2.81. The lowest BCUT2D eigenvalue weighted by Crippen LogP contribution is -2.36. The van der Waals surface area contributed by atoms with Crippen molar-refractivity contribution in [1.82, 2.24) is 4.98 Å². The predicted octanol–water partition coefficient (Wildman–Crippen LogP) is 4.47. The van der Waals surface area contributed by atoms with E-state index in [-0.39, 0.29) is 5.91 Å². The van der Waals surface area contributed by atoms with Crippen molar-refractivity contribution < 1.29 is 19.0 Å². The van der Waals surface area contributed by atoms with Crippen LogP contribution < -0.4 is 19.7 Å². The molecule has 0 aliphatic carbocycles. The molecule has 0 unspecified atom stereocenters. The van der Waals surface area contributed by atoms with Gasteiger partial charge in [0.1, 0.15) is 6.61 Å². The molecular weight excluding hydrogens is 438 g/mol. The number of hydrogen-bond donors (Lipinski definition) is 1. The smallest absolute Gasteiger partial charge is 0.255 e. The molecule has 2 heterocycles. The number of methoxy groups -OCH3 is 1. The number of benzene rings is 2. The Kier molecular flexibility index (Phi) is 6.91. The molecule has 1 aromatic heterocycles. The topological polar surface area (TPSA) is 72.9 Å². The number of hydrogen-bond acceptors (Lipinski definition) is 7. The number of amides is 1. The molecule has 9 heteroatoms. The first-order valence-electron chi connectivity index (χ1n) is 9.75. The zero-order chi connectivity index (χ0) is 21.6. The number of anilines is 2. The first-order valence-corrected chi connectivity index (χ1v) is 11.1. The van der Waals surface area contributed by atoms with Crippen LogP contribution in [0.5, 0.6) is 11.5 Å². The van der Waals surface area contributed by atoms with Gasteiger partial charge in [0, 0.05) is 29.1 Å². The maximum atomic E-state index is 13.0. The molecule has 1 saturated heterocycles. The SMILES string of the molecule is COc1cc(C(=O)Nc2cc(Cl)ccc2N2CCOCC2)ccc1OCc1cscn1. The molecule has 2 aromatic carbocycles. The number of halogens is 1. The minimum Gasteiger partial charge on any atom is -0.493 e. The molecule has 1 fully saturated rings. The van der Waals surface area contributed by atoms with Gasteiger partial charge in [0.2, 0.25) is 0 Å². The zero-order valence-electron chi connectivity index (χ0n) is 17.0. The summed E-state index contributed by atoms with van der Waals surface area (Å²) < 4.78 is 16.7. The third-order valence-corrected chi connectivity index (χ3v) is 5.71. The van der Waals surface area contributed by atoms with Crippen LogP contribution in [-0.2, 0) is 11.3 Å². The average Bonchev–Trinajstić information content (AvgIpc) is 3.32. The summed E-state index contributed by atoms with van der Waals surface area (Å²) in [5, 5.41) is 5.45. The maximum Gasteiger partial charge on any atom is 0.255 e. The summed E-state index contributed by atoms with van der Waals surface area (Å²) in [6, 6.07) is 10.6. The number of nitrogens with zero attached hydrogens (tertiary/aromatic N) is 2. The van der Waals surface area contributed by atoms with E-state index in [9.17, 15) is 4.79 Å². The second-order valence-electron chi connectivity index (χ2n) is 6.85. The zero-order valence-corrected chi connectivity index (χ0v) is 18.5. The second kappa shape index (κ2) is 10.00. The average molecular weight is 460 g/mol. The summed E-state index contributed by atoms with van der Waals surface area (Å²) in [6.45, 7) is 3.13. The van der Waals surface area contributed by atoms with Crippen molar-refractivity contribution >= 4 is 40.2 Å². The fourth-order valence-electron chi connectivity index (χ4n) is 3.27. The van der Waals surface area contributed by atoms with Crippen molar-refractivity contribution in [2.45, 2.75) is 6.61 Å². The molecule has 1 aliphatic rings. The van der Waals surface area contributed by atoms with Crippen molar-refractivity contribution in [2.75, 3.05) is 43.6 Å². The van der Waals surface area contributed by atoms with Gasteiger partial charge in [-0.1, -0.05) is 11.6 Å². The van der Waals surface area contributed by atoms with E-state index in [1.54, 1.807) is 36.9 Å². The lowest BCUT2D eigenvalue weighted by Gasteiger charge is -2.30. The highest BCUT2D eigenvalue weighted by Crippen LogP contribution is 2.32. The number of rotatable bonds is 7. The van der Waals surface area contributed by atoms with Crippen molar-refractivity contribution in [1.29, 1.82) is 0 Å². The van der Waals surface area contributed by atoms with Gasteiger partial charge in [-0.3, -0.25) is 4.79 Å². The Balaban J connectivity index is 1.51. The molecule has 0 bridgehead atoms.